The molecule has 0 bridgehead atoms. The fourth-order valence-corrected chi connectivity index (χ4v) is 10.3. The van der Waals surface area contributed by atoms with Crippen LogP contribution in [0.3, 0.4) is 0 Å². The molecule has 0 aliphatic carbocycles. The standard InChI is InChI=1S/C66H45BN3O/c1-6-19-45(20-7-1)48-33-36-54(37-34-48)70-61-43-55(69(52-27-12-4-13-28-52)53-29-14-5-15-30-53)38-39-59(61)67-65-58(44-63-64(66(65)70)56-31-16-17-32-62(56)71-63)57-42-50(47-23-10-3-11-24-47)35-40-60(57)68-51-26-18-25-49(41-51)46-21-8-2-9-22-46/h1-44,68H. The SMILES string of the molecule is [B]1c2ccc(N(c3ccccc3)c3ccccc3)cc2N(c2ccc(-c3ccccc3)cc2)c2c1c(-c1cc(-c3ccccc3)ccc1Nc1cccc(-c3ccccc3)c1)cc1oc3ccccc3c21. The summed E-state index contributed by atoms with van der Waals surface area (Å²) in [6.07, 6.45) is 0. The molecule has 1 radical (unpaired) electrons. The minimum atomic E-state index is 0.816. The summed E-state index contributed by atoms with van der Waals surface area (Å²) in [5.41, 5.74) is 21.3. The summed E-state index contributed by atoms with van der Waals surface area (Å²) in [7, 11) is 2.39. The van der Waals surface area contributed by atoms with Gasteiger partial charge in [0.1, 0.15) is 11.2 Å². The van der Waals surface area contributed by atoms with Crippen molar-refractivity contribution in [2.45, 2.75) is 0 Å². The zero-order chi connectivity index (χ0) is 47.1. The first kappa shape index (κ1) is 41.8. The van der Waals surface area contributed by atoms with Gasteiger partial charge in [-0.2, -0.15) is 0 Å². The number of anilines is 8. The lowest BCUT2D eigenvalue weighted by atomic mass is 9.57. The van der Waals surface area contributed by atoms with Gasteiger partial charge in [0.15, 0.2) is 7.28 Å². The zero-order valence-corrected chi connectivity index (χ0v) is 38.8. The summed E-state index contributed by atoms with van der Waals surface area (Å²) in [5.74, 6) is 0. The van der Waals surface area contributed by atoms with E-state index in [4.69, 9.17) is 4.42 Å². The molecule has 1 aliphatic heterocycles. The highest BCUT2D eigenvalue weighted by molar-refractivity contribution is 6.74. The van der Waals surface area contributed by atoms with E-state index in [9.17, 15) is 0 Å². The fraction of sp³-hybridized carbons (Fsp3) is 0. The van der Waals surface area contributed by atoms with Crippen LogP contribution in [0, 0.1) is 0 Å². The van der Waals surface area contributed by atoms with Gasteiger partial charge in [0.25, 0.3) is 0 Å². The number of benzene rings is 11. The van der Waals surface area contributed by atoms with E-state index in [1.807, 2.05) is 0 Å². The Morgan fingerprint density at radius 2 is 0.944 bits per heavy atom. The topological polar surface area (TPSA) is 31.6 Å². The van der Waals surface area contributed by atoms with Gasteiger partial charge in [0, 0.05) is 50.8 Å². The van der Waals surface area contributed by atoms with Crippen molar-refractivity contribution in [1.29, 1.82) is 0 Å². The summed E-state index contributed by atoms with van der Waals surface area (Å²) in [5, 5.41) is 6.04. The molecule has 333 valence electrons. The maximum absolute atomic E-state index is 6.98. The highest BCUT2D eigenvalue weighted by atomic mass is 16.3. The minimum Gasteiger partial charge on any atom is -0.456 e. The Balaban J connectivity index is 1.07. The Morgan fingerprint density at radius 1 is 0.394 bits per heavy atom. The second kappa shape index (κ2) is 18.0. The lowest BCUT2D eigenvalue weighted by molar-refractivity contribution is 0.669. The van der Waals surface area contributed by atoms with Gasteiger partial charge in [0.2, 0.25) is 0 Å². The first-order valence-electron chi connectivity index (χ1n) is 24.2. The molecule has 0 unspecified atom stereocenters. The second-order valence-corrected chi connectivity index (χ2v) is 18.0. The zero-order valence-electron chi connectivity index (χ0n) is 38.8. The number of nitrogens with one attached hydrogen (secondary N) is 1. The van der Waals surface area contributed by atoms with E-state index in [2.05, 4.69) is 289 Å². The Hall–Kier alpha value is -9.32. The van der Waals surface area contributed by atoms with Crippen molar-refractivity contribution < 1.29 is 4.42 Å². The predicted octanol–water partition coefficient (Wildman–Crippen LogP) is 16.9. The average molecular weight is 907 g/mol. The van der Waals surface area contributed by atoms with Crippen molar-refractivity contribution >= 4 is 85.6 Å². The average Bonchev–Trinajstić information content (AvgIpc) is 3.83. The van der Waals surface area contributed by atoms with Crippen LogP contribution in [0.15, 0.2) is 271 Å². The largest absolute Gasteiger partial charge is 0.456 e. The first-order chi connectivity index (χ1) is 35.2. The first-order valence-corrected chi connectivity index (χ1v) is 24.2. The smallest absolute Gasteiger partial charge is 0.197 e. The molecule has 0 saturated carbocycles. The molecule has 4 nitrogen and oxygen atoms in total. The number of furan rings is 1. The van der Waals surface area contributed by atoms with Crippen molar-refractivity contribution in [3.63, 3.8) is 0 Å². The molecule has 11 aromatic carbocycles. The third-order valence-corrected chi connectivity index (χ3v) is 13.6. The quantitative estimate of drug-likeness (QED) is 0.139. The molecular formula is C66H45BN3O. The van der Waals surface area contributed by atoms with Crippen molar-refractivity contribution in [1.82, 2.24) is 0 Å². The minimum absolute atomic E-state index is 0.816. The molecule has 0 saturated heterocycles. The van der Waals surface area contributed by atoms with E-state index in [1.165, 1.54) is 11.1 Å². The van der Waals surface area contributed by atoms with E-state index < -0.39 is 0 Å². The molecular weight excluding hydrogens is 862 g/mol. The van der Waals surface area contributed by atoms with Gasteiger partial charge >= 0.3 is 0 Å². The molecule has 0 atom stereocenters. The third-order valence-electron chi connectivity index (χ3n) is 13.6. The lowest BCUT2D eigenvalue weighted by Gasteiger charge is -2.37. The van der Waals surface area contributed by atoms with Crippen LogP contribution in [0.25, 0.3) is 66.4 Å². The molecule has 0 fully saturated rings. The third kappa shape index (κ3) is 7.80. The molecule has 13 rings (SSSR count). The second-order valence-electron chi connectivity index (χ2n) is 18.0. The normalized spacial score (nSPS) is 11.7. The number of nitrogens with zero attached hydrogens (tertiary/aromatic N) is 2. The van der Waals surface area contributed by atoms with Crippen LogP contribution >= 0.6 is 0 Å². The van der Waals surface area contributed by atoms with Crippen LogP contribution in [0.1, 0.15) is 0 Å². The molecule has 12 aromatic rings. The van der Waals surface area contributed by atoms with E-state index in [-0.39, 0.29) is 0 Å². The van der Waals surface area contributed by atoms with Gasteiger partial charge in [-0.1, -0.05) is 187 Å². The van der Waals surface area contributed by atoms with Crippen LogP contribution < -0.4 is 26.0 Å². The van der Waals surface area contributed by atoms with Gasteiger partial charge in [-0.25, -0.2) is 0 Å². The molecule has 1 N–H and O–H groups in total. The molecule has 0 spiro atoms. The highest BCUT2D eigenvalue weighted by Gasteiger charge is 2.33. The molecule has 1 aromatic heterocycles. The van der Waals surface area contributed by atoms with Crippen LogP contribution in [0.5, 0.6) is 0 Å². The molecule has 1 aliphatic rings. The molecule has 2 heterocycles. The van der Waals surface area contributed by atoms with Crippen LogP contribution in [0.2, 0.25) is 0 Å². The lowest BCUT2D eigenvalue weighted by Crippen LogP contribution is -2.41. The number of hydrogen-bond acceptors (Lipinski definition) is 4. The highest BCUT2D eigenvalue weighted by Crippen LogP contribution is 2.48. The Bertz CT molecular complexity index is 3820. The maximum Gasteiger partial charge on any atom is 0.197 e. The Morgan fingerprint density at radius 3 is 1.61 bits per heavy atom. The van der Waals surface area contributed by atoms with E-state index in [0.717, 1.165) is 112 Å². The number of para-hydroxylation sites is 3. The van der Waals surface area contributed by atoms with E-state index in [1.54, 1.807) is 0 Å². The Labute approximate surface area is 414 Å². The van der Waals surface area contributed by atoms with Gasteiger partial charge in [-0.05, 0) is 129 Å². The van der Waals surface area contributed by atoms with Crippen LogP contribution in [-0.2, 0) is 0 Å². The van der Waals surface area contributed by atoms with Crippen LogP contribution in [0.4, 0.5) is 45.5 Å². The van der Waals surface area contributed by atoms with Crippen molar-refractivity contribution in [3.05, 3.63) is 267 Å². The van der Waals surface area contributed by atoms with E-state index in [0.29, 0.717) is 0 Å². The maximum atomic E-state index is 6.98. The summed E-state index contributed by atoms with van der Waals surface area (Å²) >= 11 is 0. The molecule has 5 heteroatoms. The summed E-state index contributed by atoms with van der Waals surface area (Å²) < 4.78 is 6.98. The Kier molecular flexibility index (Phi) is 10.6. The monoisotopic (exact) mass is 906 g/mol. The molecule has 71 heavy (non-hydrogen) atoms. The molecule has 0 amide bonds. The summed E-state index contributed by atoms with van der Waals surface area (Å²) in [6.45, 7) is 0. The van der Waals surface area contributed by atoms with E-state index >= 15 is 0 Å². The van der Waals surface area contributed by atoms with Crippen molar-refractivity contribution in [2.75, 3.05) is 15.1 Å². The summed E-state index contributed by atoms with van der Waals surface area (Å²) in [4.78, 5) is 4.81. The van der Waals surface area contributed by atoms with Gasteiger partial charge < -0.3 is 19.5 Å². The van der Waals surface area contributed by atoms with Crippen molar-refractivity contribution in [2.24, 2.45) is 0 Å². The van der Waals surface area contributed by atoms with Crippen LogP contribution in [-0.4, -0.2) is 7.28 Å². The number of rotatable bonds is 10. The predicted molar refractivity (Wildman–Crippen MR) is 300 cm³/mol. The van der Waals surface area contributed by atoms with Crippen molar-refractivity contribution in [3.8, 4) is 44.5 Å². The number of fused-ring (bicyclic) bond motifs is 6. The van der Waals surface area contributed by atoms with Gasteiger partial charge in [-0.15, -0.1) is 0 Å². The number of hydrogen-bond donors (Lipinski definition) is 1. The fourth-order valence-electron chi connectivity index (χ4n) is 10.3. The van der Waals surface area contributed by atoms with Gasteiger partial charge in [0.05, 0.1) is 11.1 Å². The van der Waals surface area contributed by atoms with Gasteiger partial charge in [-0.3, -0.25) is 0 Å². The summed E-state index contributed by atoms with van der Waals surface area (Å²) in [6, 6.07) is 95.2.